The summed E-state index contributed by atoms with van der Waals surface area (Å²) in [4.78, 5) is 25.3. The van der Waals surface area contributed by atoms with Gasteiger partial charge in [0, 0.05) is 17.9 Å². The van der Waals surface area contributed by atoms with Gasteiger partial charge in [-0.1, -0.05) is 25.1 Å². The number of rotatable bonds is 10. The molecule has 0 amide bonds. The van der Waals surface area contributed by atoms with Crippen molar-refractivity contribution in [2.24, 2.45) is 0 Å². The van der Waals surface area contributed by atoms with Crippen molar-refractivity contribution in [1.29, 1.82) is 0 Å². The highest BCUT2D eigenvalue weighted by Gasteiger charge is 2.28. The summed E-state index contributed by atoms with van der Waals surface area (Å²) >= 11 is 1.27. The van der Waals surface area contributed by atoms with Crippen molar-refractivity contribution in [2.45, 2.75) is 62.4 Å². The van der Waals surface area contributed by atoms with Gasteiger partial charge < -0.3 is 14.2 Å². The molecule has 26 heavy (non-hydrogen) atoms. The van der Waals surface area contributed by atoms with Crippen LogP contribution in [-0.4, -0.2) is 43.1 Å². The molecule has 1 aliphatic heterocycles. The van der Waals surface area contributed by atoms with Crippen LogP contribution in [0.1, 0.15) is 45.1 Å². The van der Waals surface area contributed by atoms with E-state index in [2.05, 4.69) is 0 Å². The second-order valence-electron chi connectivity index (χ2n) is 6.09. The molecule has 5 nitrogen and oxygen atoms in total. The van der Waals surface area contributed by atoms with Gasteiger partial charge in [0.15, 0.2) is 17.3 Å². The van der Waals surface area contributed by atoms with Crippen LogP contribution in [0.2, 0.25) is 0 Å². The number of hydrogen-bond acceptors (Lipinski definition) is 6. The van der Waals surface area contributed by atoms with Crippen molar-refractivity contribution < 1.29 is 23.8 Å². The van der Waals surface area contributed by atoms with Crippen LogP contribution in [0.25, 0.3) is 0 Å². The first-order valence-corrected chi connectivity index (χ1v) is 10.2. The molecule has 2 rings (SSSR count). The van der Waals surface area contributed by atoms with Gasteiger partial charge in [-0.15, -0.1) is 11.8 Å². The summed E-state index contributed by atoms with van der Waals surface area (Å²) in [5.41, 5.74) is 1.06. The molecule has 0 aromatic heterocycles. The lowest BCUT2D eigenvalue weighted by Gasteiger charge is -2.23. The summed E-state index contributed by atoms with van der Waals surface area (Å²) < 4.78 is 16.5. The molecule has 2 unspecified atom stereocenters. The van der Waals surface area contributed by atoms with E-state index in [0.717, 1.165) is 36.3 Å². The Morgan fingerprint density at radius 1 is 1.27 bits per heavy atom. The van der Waals surface area contributed by atoms with Crippen molar-refractivity contribution in [3.8, 4) is 0 Å². The standard InChI is InChI=1S/C20H28O5S/c1-3-16(21)19(20(22)23-4-2)26-17-10-6-5-9-15(17)12-14-25-18-11-7-8-13-24-18/h5-6,9-10,18-19H,3-4,7-8,11-14H2,1-2H3. The van der Waals surface area contributed by atoms with E-state index in [-0.39, 0.29) is 18.7 Å². The number of Topliss-reactive ketones (excluding diaryl/α,β-unsaturated/α-hetero) is 1. The number of carbonyl (C=O) groups excluding carboxylic acids is 2. The summed E-state index contributed by atoms with van der Waals surface area (Å²) in [6.45, 7) is 5.09. The van der Waals surface area contributed by atoms with Crippen LogP contribution >= 0.6 is 11.8 Å². The van der Waals surface area contributed by atoms with Crippen LogP contribution in [0.15, 0.2) is 29.2 Å². The maximum atomic E-state index is 12.2. The van der Waals surface area contributed by atoms with Crippen molar-refractivity contribution in [3.05, 3.63) is 29.8 Å². The molecule has 6 heteroatoms. The Balaban J connectivity index is 1.99. The molecule has 1 saturated heterocycles. The van der Waals surface area contributed by atoms with Crippen LogP contribution < -0.4 is 0 Å². The largest absolute Gasteiger partial charge is 0.465 e. The predicted octanol–water partition coefficient (Wildman–Crippen LogP) is 3.78. The molecule has 0 radical (unpaired) electrons. The van der Waals surface area contributed by atoms with Crippen molar-refractivity contribution in [1.82, 2.24) is 0 Å². The highest BCUT2D eigenvalue weighted by molar-refractivity contribution is 8.01. The Labute approximate surface area is 159 Å². The quantitative estimate of drug-likeness (QED) is 0.350. The number of carbonyl (C=O) groups is 2. The van der Waals surface area contributed by atoms with Gasteiger partial charge in [-0.3, -0.25) is 9.59 Å². The zero-order chi connectivity index (χ0) is 18.8. The van der Waals surface area contributed by atoms with Crippen LogP contribution in [-0.2, 0) is 30.2 Å². The maximum Gasteiger partial charge on any atom is 0.327 e. The second kappa shape index (κ2) is 11.4. The fraction of sp³-hybridized carbons (Fsp3) is 0.600. The van der Waals surface area contributed by atoms with Gasteiger partial charge in [0.1, 0.15) is 0 Å². The number of thioether (sulfide) groups is 1. The van der Waals surface area contributed by atoms with E-state index >= 15 is 0 Å². The normalized spacial score (nSPS) is 18.3. The maximum absolute atomic E-state index is 12.2. The van der Waals surface area contributed by atoms with Gasteiger partial charge in [-0.2, -0.15) is 0 Å². The van der Waals surface area contributed by atoms with Gasteiger partial charge in [-0.25, -0.2) is 0 Å². The molecule has 1 fully saturated rings. The molecule has 0 saturated carbocycles. The molecular formula is C20H28O5S. The fourth-order valence-corrected chi connectivity index (χ4v) is 3.94. The third-order valence-electron chi connectivity index (χ3n) is 4.17. The molecule has 2 atom stereocenters. The lowest BCUT2D eigenvalue weighted by molar-refractivity contribution is -0.161. The Hall–Kier alpha value is -1.37. The van der Waals surface area contributed by atoms with Crippen LogP contribution in [0.4, 0.5) is 0 Å². The average molecular weight is 381 g/mol. The second-order valence-corrected chi connectivity index (χ2v) is 7.24. The number of benzene rings is 1. The minimum Gasteiger partial charge on any atom is -0.465 e. The monoisotopic (exact) mass is 380 g/mol. The molecule has 0 N–H and O–H groups in total. The zero-order valence-corrected chi connectivity index (χ0v) is 16.4. The van der Waals surface area contributed by atoms with Crippen molar-refractivity contribution in [3.63, 3.8) is 0 Å². The minimum absolute atomic E-state index is 0.113. The molecular weight excluding hydrogens is 352 g/mol. The third-order valence-corrected chi connectivity index (χ3v) is 5.52. The van der Waals surface area contributed by atoms with Gasteiger partial charge in [-0.05, 0) is 44.2 Å². The van der Waals surface area contributed by atoms with Gasteiger partial charge >= 0.3 is 5.97 Å². The predicted molar refractivity (Wildman–Crippen MR) is 101 cm³/mol. The van der Waals surface area contributed by atoms with Crippen LogP contribution in [0.3, 0.4) is 0 Å². The molecule has 1 aromatic carbocycles. The first-order valence-electron chi connectivity index (χ1n) is 9.32. The average Bonchev–Trinajstić information content (AvgIpc) is 2.67. The summed E-state index contributed by atoms with van der Waals surface area (Å²) in [5, 5.41) is -0.816. The number of esters is 1. The molecule has 1 heterocycles. The number of hydrogen-bond donors (Lipinski definition) is 0. The zero-order valence-electron chi connectivity index (χ0n) is 15.6. The fourth-order valence-electron chi connectivity index (χ4n) is 2.74. The SMILES string of the molecule is CCOC(=O)C(Sc1ccccc1CCOC1CCCCO1)C(=O)CC. The smallest absolute Gasteiger partial charge is 0.327 e. The van der Waals surface area contributed by atoms with E-state index in [1.165, 1.54) is 11.8 Å². The van der Waals surface area contributed by atoms with Crippen molar-refractivity contribution >= 4 is 23.5 Å². The molecule has 0 aliphatic carbocycles. The number of ether oxygens (including phenoxy) is 3. The van der Waals surface area contributed by atoms with E-state index in [4.69, 9.17) is 14.2 Å². The van der Waals surface area contributed by atoms with Gasteiger partial charge in [0.25, 0.3) is 0 Å². The first kappa shape index (κ1) is 20.9. The van der Waals surface area contributed by atoms with E-state index < -0.39 is 11.2 Å². The Morgan fingerprint density at radius 2 is 2.08 bits per heavy atom. The van der Waals surface area contributed by atoms with E-state index in [1.54, 1.807) is 13.8 Å². The van der Waals surface area contributed by atoms with Gasteiger partial charge in [0.05, 0.1) is 13.2 Å². The summed E-state index contributed by atoms with van der Waals surface area (Å²) in [7, 11) is 0. The Bertz CT molecular complexity index is 583. The minimum atomic E-state index is -0.816. The van der Waals surface area contributed by atoms with E-state index in [9.17, 15) is 9.59 Å². The summed E-state index contributed by atoms with van der Waals surface area (Å²) in [6, 6.07) is 7.81. The Morgan fingerprint density at radius 3 is 2.77 bits per heavy atom. The lowest BCUT2D eigenvalue weighted by Crippen LogP contribution is -2.28. The summed E-state index contributed by atoms with van der Waals surface area (Å²) in [6.07, 6.45) is 4.07. The topological polar surface area (TPSA) is 61.8 Å². The molecule has 144 valence electrons. The van der Waals surface area contributed by atoms with E-state index in [0.29, 0.717) is 19.4 Å². The molecule has 0 bridgehead atoms. The van der Waals surface area contributed by atoms with Crippen LogP contribution in [0, 0.1) is 0 Å². The summed E-state index contributed by atoms with van der Waals surface area (Å²) in [5.74, 6) is -0.582. The third kappa shape index (κ3) is 6.41. The highest BCUT2D eigenvalue weighted by atomic mass is 32.2. The van der Waals surface area contributed by atoms with Crippen LogP contribution in [0.5, 0.6) is 0 Å². The lowest BCUT2D eigenvalue weighted by atomic mass is 10.1. The molecule has 1 aromatic rings. The Kier molecular flexibility index (Phi) is 9.15. The molecule has 1 aliphatic rings. The highest BCUT2D eigenvalue weighted by Crippen LogP contribution is 2.29. The van der Waals surface area contributed by atoms with Crippen molar-refractivity contribution in [2.75, 3.05) is 19.8 Å². The van der Waals surface area contributed by atoms with E-state index in [1.807, 2.05) is 24.3 Å². The first-order chi connectivity index (χ1) is 12.7. The molecule has 0 spiro atoms. The number of ketones is 1. The van der Waals surface area contributed by atoms with Gasteiger partial charge in [0.2, 0.25) is 0 Å².